The Labute approximate surface area is 116 Å². The minimum Gasteiger partial charge on any atom is -0.391 e. The smallest absolute Gasteiger partial charge is 0.214 e. The summed E-state index contributed by atoms with van der Waals surface area (Å²) >= 11 is 0. The van der Waals surface area contributed by atoms with Gasteiger partial charge in [-0.05, 0) is 50.6 Å². The van der Waals surface area contributed by atoms with E-state index in [9.17, 15) is 13.5 Å². The molecule has 2 rings (SSSR count). The Morgan fingerprint density at radius 3 is 2.58 bits per heavy atom. The van der Waals surface area contributed by atoms with Crippen LogP contribution in [0.4, 0.5) is 0 Å². The number of hydrogen-bond acceptors (Lipinski definition) is 4. The lowest BCUT2D eigenvalue weighted by molar-refractivity contribution is 0.0604. The van der Waals surface area contributed by atoms with Gasteiger partial charge in [0, 0.05) is 13.1 Å². The third-order valence-corrected chi connectivity index (χ3v) is 6.39. The van der Waals surface area contributed by atoms with E-state index in [2.05, 4.69) is 5.32 Å². The van der Waals surface area contributed by atoms with E-state index < -0.39 is 16.1 Å². The Kier molecular flexibility index (Phi) is 5.22. The molecule has 0 bridgehead atoms. The Balaban J connectivity index is 1.84. The number of piperidine rings is 2. The summed E-state index contributed by atoms with van der Waals surface area (Å²) in [6.07, 6.45) is 3.16. The second kappa shape index (κ2) is 6.52. The number of sulfonamides is 1. The van der Waals surface area contributed by atoms with Crippen molar-refractivity contribution >= 4 is 10.0 Å². The van der Waals surface area contributed by atoms with Crippen LogP contribution in [0, 0.1) is 11.8 Å². The van der Waals surface area contributed by atoms with Gasteiger partial charge in [0.25, 0.3) is 0 Å². The summed E-state index contributed by atoms with van der Waals surface area (Å²) < 4.78 is 26.0. The molecule has 2 heterocycles. The fourth-order valence-electron chi connectivity index (χ4n) is 2.89. The molecule has 2 N–H and O–H groups in total. The molecule has 2 atom stereocenters. The molecule has 112 valence electrons. The molecule has 2 fully saturated rings. The van der Waals surface area contributed by atoms with Crippen molar-refractivity contribution in [2.45, 2.75) is 38.7 Å². The van der Waals surface area contributed by atoms with Crippen LogP contribution in [0.5, 0.6) is 0 Å². The van der Waals surface area contributed by atoms with Crippen molar-refractivity contribution in [3.05, 3.63) is 0 Å². The third-order valence-electron chi connectivity index (χ3n) is 4.52. The van der Waals surface area contributed by atoms with Crippen LogP contribution in [-0.4, -0.2) is 55.9 Å². The van der Waals surface area contributed by atoms with Gasteiger partial charge < -0.3 is 10.4 Å². The lowest BCUT2D eigenvalue weighted by Gasteiger charge is -2.33. The maximum Gasteiger partial charge on any atom is 0.214 e. The Morgan fingerprint density at radius 1 is 1.26 bits per heavy atom. The van der Waals surface area contributed by atoms with Crippen molar-refractivity contribution in [3.63, 3.8) is 0 Å². The topological polar surface area (TPSA) is 69.6 Å². The van der Waals surface area contributed by atoms with Gasteiger partial charge in [0.2, 0.25) is 10.0 Å². The molecule has 0 aliphatic carbocycles. The Bertz CT molecular complexity index is 379. The van der Waals surface area contributed by atoms with Crippen LogP contribution in [0.1, 0.15) is 32.6 Å². The predicted octanol–water partition coefficient (Wildman–Crippen LogP) is 0.409. The largest absolute Gasteiger partial charge is 0.391 e. The first kappa shape index (κ1) is 15.2. The SMILES string of the molecule is CC1CCN(S(=O)(=O)CCC2CCNCC2)CC1O. The first-order valence-corrected chi connectivity index (χ1v) is 8.96. The lowest BCUT2D eigenvalue weighted by Crippen LogP contribution is -2.46. The molecule has 6 heteroatoms. The van der Waals surface area contributed by atoms with Gasteiger partial charge in [-0.2, -0.15) is 4.31 Å². The van der Waals surface area contributed by atoms with Crippen LogP contribution in [0.2, 0.25) is 0 Å². The molecule has 19 heavy (non-hydrogen) atoms. The summed E-state index contributed by atoms with van der Waals surface area (Å²) in [5.74, 6) is 0.971. The van der Waals surface area contributed by atoms with Gasteiger partial charge in [0.15, 0.2) is 0 Å². The zero-order chi connectivity index (χ0) is 13.9. The van der Waals surface area contributed by atoms with E-state index in [1.165, 1.54) is 4.31 Å². The molecular weight excluding hydrogens is 264 g/mol. The maximum absolute atomic E-state index is 12.3. The van der Waals surface area contributed by atoms with Gasteiger partial charge in [-0.25, -0.2) is 8.42 Å². The first-order chi connectivity index (χ1) is 8.99. The van der Waals surface area contributed by atoms with E-state index in [0.717, 1.165) is 38.8 Å². The fourth-order valence-corrected chi connectivity index (χ4v) is 4.54. The summed E-state index contributed by atoms with van der Waals surface area (Å²) in [5, 5.41) is 13.1. The van der Waals surface area contributed by atoms with E-state index in [1.54, 1.807) is 0 Å². The molecule has 0 aromatic carbocycles. The highest BCUT2D eigenvalue weighted by Crippen LogP contribution is 2.22. The Morgan fingerprint density at radius 2 is 1.95 bits per heavy atom. The quantitative estimate of drug-likeness (QED) is 0.787. The first-order valence-electron chi connectivity index (χ1n) is 7.35. The number of rotatable bonds is 4. The van der Waals surface area contributed by atoms with E-state index in [1.807, 2.05) is 6.92 Å². The van der Waals surface area contributed by atoms with Crippen LogP contribution in [-0.2, 0) is 10.0 Å². The third kappa shape index (κ3) is 4.15. The number of nitrogens with zero attached hydrogens (tertiary/aromatic N) is 1. The highest BCUT2D eigenvalue weighted by atomic mass is 32.2. The summed E-state index contributed by atoms with van der Waals surface area (Å²) in [6, 6.07) is 0. The number of β-amino-alcohol motifs (C(OH)–C–C–N with tert-alkyl or cyclic N) is 1. The van der Waals surface area contributed by atoms with Gasteiger partial charge in [-0.3, -0.25) is 0 Å². The highest BCUT2D eigenvalue weighted by molar-refractivity contribution is 7.89. The lowest BCUT2D eigenvalue weighted by atomic mass is 9.96. The number of hydrogen-bond donors (Lipinski definition) is 2. The summed E-state index contributed by atoms with van der Waals surface area (Å²) in [6.45, 7) is 4.82. The predicted molar refractivity (Wildman–Crippen MR) is 75.4 cm³/mol. The molecule has 0 spiro atoms. The molecule has 5 nitrogen and oxygen atoms in total. The van der Waals surface area contributed by atoms with E-state index in [-0.39, 0.29) is 18.2 Å². The molecule has 2 unspecified atom stereocenters. The zero-order valence-electron chi connectivity index (χ0n) is 11.7. The van der Waals surface area contributed by atoms with Gasteiger partial charge in [0.1, 0.15) is 0 Å². The normalized spacial score (nSPS) is 31.5. The van der Waals surface area contributed by atoms with Crippen molar-refractivity contribution in [2.24, 2.45) is 11.8 Å². The van der Waals surface area contributed by atoms with Gasteiger partial charge >= 0.3 is 0 Å². The van der Waals surface area contributed by atoms with E-state index in [4.69, 9.17) is 0 Å². The average molecular weight is 290 g/mol. The monoisotopic (exact) mass is 290 g/mol. The van der Waals surface area contributed by atoms with Crippen LogP contribution in [0.3, 0.4) is 0 Å². The van der Waals surface area contributed by atoms with Crippen molar-refractivity contribution in [1.29, 1.82) is 0 Å². The van der Waals surface area contributed by atoms with Crippen LogP contribution < -0.4 is 5.32 Å². The zero-order valence-corrected chi connectivity index (χ0v) is 12.5. The molecule has 0 radical (unpaired) electrons. The van der Waals surface area contributed by atoms with Crippen molar-refractivity contribution < 1.29 is 13.5 Å². The Hall–Kier alpha value is -0.170. The molecule has 0 amide bonds. The second-order valence-electron chi connectivity index (χ2n) is 5.99. The summed E-state index contributed by atoms with van der Waals surface area (Å²) in [7, 11) is -3.19. The molecule has 0 aromatic rings. The average Bonchev–Trinajstić information content (AvgIpc) is 2.41. The second-order valence-corrected chi connectivity index (χ2v) is 8.08. The molecule has 2 aliphatic rings. The minimum absolute atomic E-state index is 0.205. The number of aliphatic hydroxyl groups is 1. The summed E-state index contributed by atoms with van der Waals surface area (Å²) in [4.78, 5) is 0. The standard InChI is InChI=1S/C13H26N2O3S/c1-11-4-8-15(10-13(11)16)19(17,18)9-5-12-2-6-14-7-3-12/h11-14,16H,2-10H2,1H3. The van der Waals surface area contributed by atoms with Gasteiger partial charge in [0.05, 0.1) is 11.9 Å². The number of aliphatic hydroxyl groups excluding tert-OH is 1. The summed E-state index contributed by atoms with van der Waals surface area (Å²) in [5.41, 5.74) is 0. The van der Waals surface area contributed by atoms with Crippen molar-refractivity contribution in [2.75, 3.05) is 31.9 Å². The fraction of sp³-hybridized carbons (Fsp3) is 1.00. The van der Waals surface area contributed by atoms with E-state index in [0.29, 0.717) is 12.5 Å². The van der Waals surface area contributed by atoms with Crippen LogP contribution in [0.25, 0.3) is 0 Å². The van der Waals surface area contributed by atoms with Gasteiger partial charge in [-0.15, -0.1) is 0 Å². The van der Waals surface area contributed by atoms with Gasteiger partial charge in [-0.1, -0.05) is 6.92 Å². The van der Waals surface area contributed by atoms with E-state index >= 15 is 0 Å². The van der Waals surface area contributed by atoms with Crippen molar-refractivity contribution in [3.8, 4) is 0 Å². The molecular formula is C13H26N2O3S. The molecule has 0 saturated carbocycles. The molecule has 0 aromatic heterocycles. The molecule has 2 saturated heterocycles. The minimum atomic E-state index is -3.19. The maximum atomic E-state index is 12.3. The number of nitrogens with one attached hydrogen (secondary N) is 1. The molecule has 2 aliphatic heterocycles. The van der Waals surface area contributed by atoms with Crippen LogP contribution >= 0.6 is 0 Å². The van der Waals surface area contributed by atoms with Crippen molar-refractivity contribution in [1.82, 2.24) is 9.62 Å². The van der Waals surface area contributed by atoms with Crippen LogP contribution in [0.15, 0.2) is 0 Å². The highest BCUT2D eigenvalue weighted by Gasteiger charge is 2.31.